The molecule has 1 atom stereocenters. The fraction of sp³-hybridized carbons (Fsp3) is 0.323. The molecule has 0 saturated heterocycles. The van der Waals surface area contributed by atoms with Gasteiger partial charge in [-0.1, -0.05) is 38.1 Å². The van der Waals surface area contributed by atoms with Gasteiger partial charge in [-0.3, -0.25) is 14.1 Å². The number of carbonyl (C=O) groups excluding carboxylic acids is 3. The van der Waals surface area contributed by atoms with Gasteiger partial charge in [0, 0.05) is 31.0 Å². The summed E-state index contributed by atoms with van der Waals surface area (Å²) >= 11 is 0. The zero-order valence-corrected chi connectivity index (χ0v) is 26.1. The third-order valence-corrected chi connectivity index (χ3v) is 7.97. The van der Waals surface area contributed by atoms with E-state index in [9.17, 15) is 36.1 Å². The van der Waals surface area contributed by atoms with Crippen molar-refractivity contribution >= 4 is 96.4 Å². The number of hydrogen-bond acceptors (Lipinski definition) is 6. The van der Waals surface area contributed by atoms with Crippen LogP contribution in [-0.2, 0) is 19.7 Å². The molecular formula is C31H37F2KN4O7S. The summed E-state index contributed by atoms with van der Waals surface area (Å²) in [6.07, 6.45) is 0.609. The van der Waals surface area contributed by atoms with Gasteiger partial charge in [0.05, 0.1) is 12.2 Å². The number of amides is 4. The van der Waals surface area contributed by atoms with Crippen molar-refractivity contribution in [3.05, 3.63) is 83.9 Å². The molecule has 1 unspecified atom stereocenters. The number of likely N-dealkylation sites (N-methyl/N-ethyl adjacent to an activating group) is 1. The van der Waals surface area contributed by atoms with E-state index in [-0.39, 0.29) is 86.5 Å². The van der Waals surface area contributed by atoms with Crippen LogP contribution in [-0.4, -0.2) is 109 Å². The van der Waals surface area contributed by atoms with Gasteiger partial charge < -0.3 is 25.2 Å². The standard InChI is InChI=1S/C31H36F2N4O7S.K.H/c1-20(2)12-13-37(29(38)18-34-31(40)35-25-9-7-8-22(14-25)21(3)45(41,42)43)27-10-5-6-11-28(27)44-19-30(39)36(4)26-16-23(32)15-24(33)17-26;;/h5-11,14-17,20-21H,12-13,18-19H2,1-4H3,(H2,34,35,40)(H,41,42,43);;. The molecule has 4 amide bonds. The van der Waals surface area contributed by atoms with Crippen molar-refractivity contribution in [1.82, 2.24) is 5.32 Å². The molecule has 11 nitrogen and oxygen atoms in total. The fourth-order valence-corrected chi connectivity index (χ4v) is 4.64. The number of nitrogens with zero attached hydrogens (tertiary/aromatic N) is 2. The van der Waals surface area contributed by atoms with E-state index in [0.29, 0.717) is 18.2 Å². The molecule has 0 aliphatic heterocycles. The van der Waals surface area contributed by atoms with E-state index in [4.69, 9.17) is 4.74 Å². The minimum absolute atomic E-state index is 0. The summed E-state index contributed by atoms with van der Waals surface area (Å²) in [7, 11) is -2.99. The topological polar surface area (TPSA) is 145 Å². The second-order valence-corrected chi connectivity index (χ2v) is 12.4. The Morgan fingerprint density at radius 1 is 0.935 bits per heavy atom. The van der Waals surface area contributed by atoms with Gasteiger partial charge in [0.25, 0.3) is 16.0 Å². The predicted octanol–water partition coefficient (Wildman–Crippen LogP) is 4.51. The number of benzene rings is 3. The molecule has 0 heterocycles. The van der Waals surface area contributed by atoms with Crippen LogP contribution >= 0.6 is 0 Å². The Labute approximate surface area is 309 Å². The number of ether oxygens (including phenoxy) is 1. The number of rotatable bonds is 13. The molecule has 244 valence electrons. The first-order valence-electron chi connectivity index (χ1n) is 14.0. The second-order valence-electron chi connectivity index (χ2n) is 10.7. The molecule has 0 bridgehead atoms. The van der Waals surface area contributed by atoms with Crippen LogP contribution in [0.15, 0.2) is 66.7 Å². The van der Waals surface area contributed by atoms with Crippen LogP contribution in [0.4, 0.5) is 30.6 Å². The van der Waals surface area contributed by atoms with Crippen LogP contribution in [0.2, 0.25) is 0 Å². The van der Waals surface area contributed by atoms with Gasteiger partial charge in [0.15, 0.2) is 6.61 Å². The van der Waals surface area contributed by atoms with Crippen molar-refractivity contribution in [3.63, 3.8) is 0 Å². The van der Waals surface area contributed by atoms with Gasteiger partial charge in [0.2, 0.25) is 5.91 Å². The Morgan fingerprint density at radius 3 is 2.22 bits per heavy atom. The zero-order valence-electron chi connectivity index (χ0n) is 25.3. The second kappa shape index (κ2) is 17.8. The van der Waals surface area contributed by atoms with Gasteiger partial charge in [0.1, 0.15) is 22.6 Å². The molecule has 3 aromatic carbocycles. The Kier molecular flexibility index (Phi) is 15.2. The van der Waals surface area contributed by atoms with Crippen molar-refractivity contribution < 1.29 is 40.9 Å². The fourth-order valence-electron chi connectivity index (χ4n) is 4.15. The average molecular weight is 687 g/mol. The van der Waals surface area contributed by atoms with Crippen LogP contribution in [0.5, 0.6) is 5.75 Å². The molecule has 46 heavy (non-hydrogen) atoms. The average Bonchev–Trinajstić information content (AvgIpc) is 2.97. The molecule has 3 rings (SSSR count). The molecular weight excluding hydrogens is 650 g/mol. The number of para-hydroxylation sites is 2. The Bertz CT molecular complexity index is 1620. The van der Waals surface area contributed by atoms with E-state index in [0.717, 1.165) is 17.0 Å². The number of anilines is 3. The van der Waals surface area contributed by atoms with Crippen LogP contribution < -0.4 is 25.2 Å². The molecule has 0 radical (unpaired) electrons. The van der Waals surface area contributed by atoms with Crippen LogP contribution in [0.3, 0.4) is 0 Å². The van der Waals surface area contributed by atoms with E-state index < -0.39 is 58.0 Å². The Hall–Kier alpha value is -2.92. The molecule has 0 saturated carbocycles. The summed E-state index contributed by atoms with van der Waals surface area (Å²) in [5.41, 5.74) is 0.867. The first-order chi connectivity index (χ1) is 21.1. The van der Waals surface area contributed by atoms with Gasteiger partial charge >= 0.3 is 57.4 Å². The first-order valence-corrected chi connectivity index (χ1v) is 15.5. The summed E-state index contributed by atoms with van der Waals surface area (Å²) in [4.78, 5) is 41.3. The van der Waals surface area contributed by atoms with Crippen LogP contribution in [0.1, 0.15) is 38.0 Å². The van der Waals surface area contributed by atoms with Crippen molar-refractivity contribution in [2.24, 2.45) is 5.92 Å². The predicted molar refractivity (Wildman–Crippen MR) is 174 cm³/mol. The van der Waals surface area contributed by atoms with E-state index in [1.54, 1.807) is 24.3 Å². The number of urea groups is 1. The number of nitrogens with one attached hydrogen (secondary N) is 2. The van der Waals surface area contributed by atoms with E-state index in [2.05, 4.69) is 10.6 Å². The SMILES string of the molecule is CC(C)CCN(C(=O)CNC(=O)Nc1cccc(C(C)S(=O)(=O)O)c1)c1ccccc1OCC(=O)N(C)c1cc(F)cc(F)c1.[KH]. The molecule has 0 aliphatic rings. The third kappa shape index (κ3) is 11.7. The monoisotopic (exact) mass is 686 g/mol. The molecule has 0 fully saturated rings. The molecule has 0 aromatic heterocycles. The summed E-state index contributed by atoms with van der Waals surface area (Å²) in [6.45, 7) is 4.64. The first kappa shape index (κ1) is 39.3. The van der Waals surface area contributed by atoms with E-state index in [1.165, 1.54) is 43.1 Å². The summed E-state index contributed by atoms with van der Waals surface area (Å²) in [5.74, 6) is -2.31. The molecule has 15 heteroatoms. The zero-order chi connectivity index (χ0) is 33.3. The summed E-state index contributed by atoms with van der Waals surface area (Å²) in [6, 6.07) is 14.5. The van der Waals surface area contributed by atoms with Crippen molar-refractivity contribution in [2.45, 2.75) is 32.4 Å². The molecule has 0 spiro atoms. The number of carbonyl (C=O) groups is 3. The van der Waals surface area contributed by atoms with Crippen molar-refractivity contribution in [3.8, 4) is 5.75 Å². The van der Waals surface area contributed by atoms with Gasteiger partial charge in [-0.15, -0.1) is 0 Å². The minimum atomic E-state index is -4.34. The van der Waals surface area contributed by atoms with E-state index in [1.807, 2.05) is 13.8 Å². The molecule has 0 aliphatic carbocycles. The third-order valence-electron chi connectivity index (χ3n) is 6.81. The van der Waals surface area contributed by atoms with Gasteiger partial charge in [-0.2, -0.15) is 8.42 Å². The van der Waals surface area contributed by atoms with E-state index >= 15 is 0 Å². The quantitative estimate of drug-likeness (QED) is 0.177. The van der Waals surface area contributed by atoms with Crippen LogP contribution in [0, 0.1) is 17.6 Å². The number of halogens is 2. The van der Waals surface area contributed by atoms with Crippen LogP contribution in [0.25, 0.3) is 0 Å². The Morgan fingerprint density at radius 2 is 1.59 bits per heavy atom. The van der Waals surface area contributed by atoms with Gasteiger partial charge in [-0.05, 0) is 61.2 Å². The summed E-state index contributed by atoms with van der Waals surface area (Å²) < 4.78 is 65.4. The molecule has 3 N–H and O–H groups in total. The number of hydrogen-bond donors (Lipinski definition) is 3. The van der Waals surface area contributed by atoms with Crippen molar-refractivity contribution in [2.75, 3.05) is 41.9 Å². The maximum atomic E-state index is 13.6. The normalized spacial score (nSPS) is 11.7. The maximum absolute atomic E-state index is 13.6. The van der Waals surface area contributed by atoms with Gasteiger partial charge in [-0.25, -0.2) is 13.6 Å². The molecule has 3 aromatic rings. The van der Waals surface area contributed by atoms with Crippen molar-refractivity contribution in [1.29, 1.82) is 0 Å². The summed E-state index contributed by atoms with van der Waals surface area (Å²) in [5, 5.41) is 3.82. The Balaban J connectivity index is 0.00000736.